The number of amides is 3. The summed E-state index contributed by atoms with van der Waals surface area (Å²) in [6.07, 6.45) is 1.34. The molecule has 3 aromatic carbocycles. The number of aliphatic hydroxyl groups is 1. The number of aliphatic hydroxyl groups excluding tert-OH is 1. The van der Waals surface area contributed by atoms with E-state index in [0.717, 1.165) is 17.5 Å². The lowest BCUT2D eigenvalue weighted by molar-refractivity contribution is 0.102. The Labute approximate surface area is 192 Å². The summed E-state index contributed by atoms with van der Waals surface area (Å²) in [6.45, 7) is 1.56. The van der Waals surface area contributed by atoms with Crippen LogP contribution in [0.15, 0.2) is 72.8 Å². The zero-order chi connectivity index (χ0) is 23.2. The minimum Gasteiger partial charge on any atom is -0.396 e. The molecule has 1 aliphatic rings. The zero-order valence-electron chi connectivity index (χ0n) is 18.2. The lowest BCUT2D eigenvalue weighted by Gasteiger charge is -2.35. The van der Waals surface area contributed by atoms with Gasteiger partial charge in [-0.1, -0.05) is 30.3 Å². The van der Waals surface area contributed by atoms with Gasteiger partial charge >= 0.3 is 6.03 Å². The molecule has 0 radical (unpaired) electrons. The maximum absolute atomic E-state index is 13.5. The second-order valence-electron chi connectivity index (χ2n) is 8.01. The third-order valence-corrected chi connectivity index (χ3v) is 5.61. The molecule has 1 heterocycles. The molecule has 0 atom stereocenters. The second kappa shape index (κ2) is 10.3. The molecule has 170 valence electrons. The van der Waals surface area contributed by atoms with E-state index in [-0.39, 0.29) is 24.4 Å². The molecule has 0 aliphatic carbocycles. The van der Waals surface area contributed by atoms with Gasteiger partial charge in [0.25, 0.3) is 5.91 Å². The van der Waals surface area contributed by atoms with Crippen LogP contribution in [0.5, 0.6) is 0 Å². The number of urea groups is 1. The highest BCUT2D eigenvalue weighted by atomic mass is 19.1. The van der Waals surface area contributed by atoms with Gasteiger partial charge < -0.3 is 15.3 Å². The van der Waals surface area contributed by atoms with E-state index in [2.05, 4.69) is 5.32 Å². The van der Waals surface area contributed by atoms with Crippen LogP contribution in [-0.2, 0) is 13.0 Å². The molecule has 4 rings (SSSR count). The number of carbonyl (C=O) groups is 2. The summed E-state index contributed by atoms with van der Waals surface area (Å²) < 4.78 is 13.5. The molecule has 0 spiro atoms. The molecular weight excluding hydrogens is 421 g/mol. The van der Waals surface area contributed by atoms with Crippen molar-refractivity contribution in [1.29, 1.82) is 0 Å². The average Bonchev–Trinajstić information content (AvgIpc) is 2.82. The molecule has 0 unspecified atom stereocenters. The smallest absolute Gasteiger partial charge is 0.324 e. The molecule has 0 aromatic heterocycles. The van der Waals surface area contributed by atoms with Crippen molar-refractivity contribution in [3.05, 3.63) is 95.3 Å². The fraction of sp³-hybridized carbons (Fsp3) is 0.231. The van der Waals surface area contributed by atoms with E-state index < -0.39 is 0 Å². The Bertz CT molecular complexity index is 1130. The van der Waals surface area contributed by atoms with Crippen molar-refractivity contribution in [1.82, 2.24) is 4.90 Å². The summed E-state index contributed by atoms with van der Waals surface area (Å²) in [7, 11) is 0. The molecule has 7 heteroatoms. The third kappa shape index (κ3) is 5.56. The van der Waals surface area contributed by atoms with E-state index in [0.29, 0.717) is 43.0 Å². The van der Waals surface area contributed by atoms with Crippen LogP contribution < -0.4 is 10.2 Å². The van der Waals surface area contributed by atoms with Crippen molar-refractivity contribution in [3.63, 3.8) is 0 Å². The molecule has 6 nitrogen and oxygen atoms in total. The Morgan fingerprint density at radius 1 is 0.970 bits per heavy atom. The fourth-order valence-electron chi connectivity index (χ4n) is 3.93. The van der Waals surface area contributed by atoms with Gasteiger partial charge in [0.1, 0.15) is 5.82 Å². The SMILES string of the molecule is O=C(Nc1ccc(CCO)cc1)c1cccc(N2CCCN(Cc3cccc(F)c3)C2=O)c1. The molecule has 3 amide bonds. The van der Waals surface area contributed by atoms with Gasteiger partial charge in [0.15, 0.2) is 0 Å². The second-order valence-corrected chi connectivity index (χ2v) is 8.01. The van der Waals surface area contributed by atoms with E-state index >= 15 is 0 Å². The normalized spacial score (nSPS) is 13.8. The monoisotopic (exact) mass is 447 g/mol. The maximum atomic E-state index is 13.5. The average molecular weight is 448 g/mol. The number of rotatable bonds is 7. The van der Waals surface area contributed by atoms with E-state index in [9.17, 15) is 14.0 Å². The summed E-state index contributed by atoms with van der Waals surface area (Å²) in [5.74, 6) is -0.594. The van der Waals surface area contributed by atoms with Gasteiger partial charge in [0, 0.05) is 43.2 Å². The first-order valence-corrected chi connectivity index (χ1v) is 11.0. The predicted molar refractivity (Wildman–Crippen MR) is 126 cm³/mol. The van der Waals surface area contributed by atoms with Crippen molar-refractivity contribution >= 4 is 23.3 Å². The molecule has 0 saturated carbocycles. The number of nitrogens with zero attached hydrogens (tertiary/aromatic N) is 2. The first-order valence-electron chi connectivity index (χ1n) is 11.0. The van der Waals surface area contributed by atoms with Crippen LogP contribution in [-0.4, -0.2) is 41.6 Å². The summed E-state index contributed by atoms with van der Waals surface area (Å²) >= 11 is 0. The molecule has 3 aromatic rings. The van der Waals surface area contributed by atoms with Crippen molar-refractivity contribution in [2.24, 2.45) is 0 Å². The van der Waals surface area contributed by atoms with Crippen LogP contribution in [0.25, 0.3) is 0 Å². The number of nitrogens with one attached hydrogen (secondary N) is 1. The van der Waals surface area contributed by atoms with Crippen molar-refractivity contribution in [3.8, 4) is 0 Å². The predicted octanol–water partition coefficient (Wildman–Crippen LogP) is 4.45. The highest BCUT2D eigenvalue weighted by molar-refractivity contribution is 6.05. The van der Waals surface area contributed by atoms with Gasteiger partial charge in [0.05, 0.1) is 0 Å². The third-order valence-electron chi connectivity index (χ3n) is 5.61. The van der Waals surface area contributed by atoms with Crippen LogP contribution >= 0.6 is 0 Å². The molecular formula is C26H26FN3O3. The summed E-state index contributed by atoms with van der Waals surface area (Å²) in [5, 5.41) is 11.9. The molecule has 1 aliphatic heterocycles. The number of anilines is 2. The first kappa shape index (κ1) is 22.5. The number of benzene rings is 3. The van der Waals surface area contributed by atoms with Gasteiger partial charge in [-0.15, -0.1) is 0 Å². The lowest BCUT2D eigenvalue weighted by atomic mass is 10.1. The molecule has 1 fully saturated rings. The van der Waals surface area contributed by atoms with Crippen molar-refractivity contribution in [2.75, 3.05) is 29.9 Å². The molecule has 0 bridgehead atoms. The van der Waals surface area contributed by atoms with Crippen LogP contribution in [0.1, 0.15) is 27.9 Å². The van der Waals surface area contributed by atoms with E-state index in [1.54, 1.807) is 52.3 Å². The Morgan fingerprint density at radius 2 is 1.76 bits per heavy atom. The van der Waals surface area contributed by atoms with E-state index in [4.69, 9.17) is 5.11 Å². The standard InChI is InChI=1S/C26H26FN3O3/c27-22-6-1-4-20(16-22)18-29-13-3-14-30(26(29)33)24-7-2-5-21(17-24)25(32)28-23-10-8-19(9-11-23)12-15-31/h1-2,4-11,16-17,31H,3,12-15,18H2,(H,28,32). The number of hydrogen-bond acceptors (Lipinski definition) is 3. The summed E-state index contributed by atoms with van der Waals surface area (Å²) in [6, 6.07) is 20.4. The number of halogens is 1. The highest BCUT2D eigenvalue weighted by Gasteiger charge is 2.27. The van der Waals surface area contributed by atoms with Gasteiger partial charge in [0.2, 0.25) is 0 Å². The summed E-state index contributed by atoms with van der Waals surface area (Å²) in [5.41, 5.74) is 3.48. The first-order chi connectivity index (χ1) is 16.0. The topological polar surface area (TPSA) is 72.9 Å². The zero-order valence-corrected chi connectivity index (χ0v) is 18.2. The van der Waals surface area contributed by atoms with Gasteiger partial charge in [-0.05, 0) is 66.4 Å². The van der Waals surface area contributed by atoms with Crippen molar-refractivity contribution < 1.29 is 19.1 Å². The van der Waals surface area contributed by atoms with Gasteiger partial charge in [-0.25, -0.2) is 9.18 Å². The number of hydrogen-bond donors (Lipinski definition) is 2. The Hall–Kier alpha value is -3.71. The fourth-order valence-corrected chi connectivity index (χ4v) is 3.93. The maximum Gasteiger partial charge on any atom is 0.324 e. The van der Waals surface area contributed by atoms with Crippen molar-refractivity contribution in [2.45, 2.75) is 19.4 Å². The molecule has 33 heavy (non-hydrogen) atoms. The van der Waals surface area contributed by atoms with E-state index in [1.165, 1.54) is 12.1 Å². The summed E-state index contributed by atoms with van der Waals surface area (Å²) in [4.78, 5) is 29.2. The van der Waals surface area contributed by atoms with Crippen LogP contribution in [0.3, 0.4) is 0 Å². The van der Waals surface area contributed by atoms with Crippen LogP contribution in [0, 0.1) is 5.82 Å². The Balaban J connectivity index is 1.45. The molecule has 2 N–H and O–H groups in total. The quantitative estimate of drug-likeness (QED) is 0.562. The molecule has 1 saturated heterocycles. The van der Waals surface area contributed by atoms with E-state index in [1.807, 2.05) is 18.2 Å². The Morgan fingerprint density at radius 3 is 2.52 bits per heavy atom. The van der Waals surface area contributed by atoms with Gasteiger partial charge in [-0.2, -0.15) is 0 Å². The lowest BCUT2D eigenvalue weighted by Crippen LogP contribution is -2.49. The van der Waals surface area contributed by atoms with Crippen LogP contribution in [0.4, 0.5) is 20.6 Å². The largest absolute Gasteiger partial charge is 0.396 e. The minimum absolute atomic E-state index is 0.0768. The number of carbonyl (C=O) groups excluding carboxylic acids is 2. The Kier molecular flexibility index (Phi) is 7.00. The van der Waals surface area contributed by atoms with Crippen LogP contribution in [0.2, 0.25) is 0 Å². The highest BCUT2D eigenvalue weighted by Crippen LogP contribution is 2.23. The van der Waals surface area contributed by atoms with Gasteiger partial charge in [-0.3, -0.25) is 9.69 Å². The minimum atomic E-state index is -0.324.